The summed E-state index contributed by atoms with van der Waals surface area (Å²) < 4.78 is 5.84. The van der Waals surface area contributed by atoms with Gasteiger partial charge in [-0.1, -0.05) is 6.07 Å². The molecule has 1 aliphatic carbocycles. The fourth-order valence-corrected chi connectivity index (χ4v) is 3.98. The molecule has 0 spiro atoms. The summed E-state index contributed by atoms with van der Waals surface area (Å²) in [5.41, 5.74) is 8.33. The number of rotatable bonds is 7. The van der Waals surface area contributed by atoms with Gasteiger partial charge in [0.05, 0.1) is 12.0 Å². The highest BCUT2D eigenvalue weighted by atomic mass is 35.5. The van der Waals surface area contributed by atoms with Crippen LogP contribution >= 0.6 is 24.8 Å². The van der Waals surface area contributed by atoms with E-state index >= 15 is 0 Å². The normalized spacial score (nSPS) is 20.8. The van der Waals surface area contributed by atoms with Gasteiger partial charge in [-0.3, -0.25) is 4.79 Å². The van der Waals surface area contributed by atoms with Gasteiger partial charge in [0.25, 0.3) is 0 Å². The van der Waals surface area contributed by atoms with Crippen LogP contribution in [0.25, 0.3) is 11.1 Å². The van der Waals surface area contributed by atoms with Gasteiger partial charge in [0.1, 0.15) is 12.1 Å². The first kappa shape index (κ1) is 25.1. The van der Waals surface area contributed by atoms with Crippen LogP contribution in [0, 0.1) is 5.41 Å². The molecule has 8 heteroatoms. The first-order chi connectivity index (χ1) is 13.1. The Kier molecular flexibility index (Phi) is 9.83. The smallest absolute Gasteiger partial charge is 0.223 e. The van der Waals surface area contributed by atoms with Crippen molar-refractivity contribution in [2.45, 2.75) is 45.1 Å². The zero-order valence-corrected chi connectivity index (χ0v) is 18.5. The van der Waals surface area contributed by atoms with Crippen LogP contribution in [0.2, 0.25) is 0 Å². The van der Waals surface area contributed by atoms with Crippen molar-refractivity contribution in [1.82, 2.24) is 15.3 Å². The number of amides is 1. The molecule has 160 valence electrons. The van der Waals surface area contributed by atoms with Crippen molar-refractivity contribution in [2.24, 2.45) is 11.1 Å². The van der Waals surface area contributed by atoms with Crippen LogP contribution < -0.4 is 15.8 Å². The molecule has 1 fully saturated rings. The van der Waals surface area contributed by atoms with Crippen LogP contribution in [0.1, 0.15) is 38.2 Å². The van der Waals surface area contributed by atoms with Gasteiger partial charge in [-0.25, -0.2) is 9.97 Å². The Morgan fingerprint density at radius 3 is 2.41 bits per heavy atom. The van der Waals surface area contributed by atoms with E-state index in [0.717, 1.165) is 48.1 Å². The molecule has 0 saturated heterocycles. The highest BCUT2D eigenvalue weighted by molar-refractivity contribution is 5.85. The fraction of sp³-hybridized carbons (Fsp3) is 0.476. The van der Waals surface area contributed by atoms with E-state index in [0.29, 0.717) is 19.1 Å². The van der Waals surface area contributed by atoms with Crippen LogP contribution in [0.3, 0.4) is 0 Å². The number of nitrogens with one attached hydrogen (secondary N) is 1. The molecule has 6 nitrogen and oxygen atoms in total. The van der Waals surface area contributed by atoms with E-state index in [4.69, 9.17) is 10.5 Å². The summed E-state index contributed by atoms with van der Waals surface area (Å²) in [7, 11) is 1.97. The molecule has 1 aromatic carbocycles. The van der Waals surface area contributed by atoms with Gasteiger partial charge < -0.3 is 15.8 Å². The third-order valence-electron chi connectivity index (χ3n) is 5.66. The van der Waals surface area contributed by atoms with Crippen LogP contribution in [-0.2, 0) is 11.2 Å². The van der Waals surface area contributed by atoms with Gasteiger partial charge in [0.15, 0.2) is 0 Å². The molecular formula is C21H30Cl2N4O2. The van der Waals surface area contributed by atoms with E-state index in [-0.39, 0.29) is 30.7 Å². The Morgan fingerprint density at radius 1 is 1.21 bits per heavy atom. The molecule has 0 unspecified atom stereocenters. The Labute approximate surface area is 184 Å². The first-order valence-electron chi connectivity index (χ1n) is 9.56. The summed E-state index contributed by atoms with van der Waals surface area (Å²) in [6.07, 6.45) is 9.17. The minimum Gasteiger partial charge on any atom is -0.494 e. The van der Waals surface area contributed by atoms with Crippen LogP contribution in [-0.4, -0.2) is 35.6 Å². The molecule has 0 atom stereocenters. The summed E-state index contributed by atoms with van der Waals surface area (Å²) in [5.74, 6) is 0.599. The van der Waals surface area contributed by atoms with Crippen molar-refractivity contribution in [3.63, 3.8) is 0 Å². The summed E-state index contributed by atoms with van der Waals surface area (Å²) in [6.45, 7) is 2.54. The number of primary amides is 1. The molecule has 1 aliphatic rings. The van der Waals surface area contributed by atoms with E-state index < -0.39 is 5.41 Å². The quantitative estimate of drug-likeness (QED) is 0.686. The molecule has 3 rings (SSSR count). The van der Waals surface area contributed by atoms with Gasteiger partial charge >= 0.3 is 0 Å². The SMILES string of the molecule is CCOc1ccc(-c2cncnc2)cc1CC1(C(N)=O)CCC(NC)CC1.Cl.Cl. The molecule has 0 bridgehead atoms. The minimum absolute atomic E-state index is 0. The van der Waals surface area contributed by atoms with Crippen molar-refractivity contribution < 1.29 is 9.53 Å². The summed E-state index contributed by atoms with van der Waals surface area (Å²) in [4.78, 5) is 20.6. The summed E-state index contributed by atoms with van der Waals surface area (Å²) in [5, 5.41) is 3.32. The predicted octanol–water partition coefficient (Wildman–Crippen LogP) is 3.56. The number of halogens is 2. The molecule has 29 heavy (non-hydrogen) atoms. The highest BCUT2D eigenvalue weighted by Crippen LogP contribution is 2.41. The number of carbonyl (C=O) groups excluding carboxylic acids is 1. The van der Waals surface area contributed by atoms with E-state index in [2.05, 4.69) is 21.4 Å². The van der Waals surface area contributed by atoms with Gasteiger partial charge in [0.2, 0.25) is 5.91 Å². The zero-order valence-electron chi connectivity index (χ0n) is 16.9. The lowest BCUT2D eigenvalue weighted by Crippen LogP contribution is -2.45. The van der Waals surface area contributed by atoms with E-state index in [1.165, 1.54) is 6.33 Å². The third-order valence-corrected chi connectivity index (χ3v) is 5.66. The largest absolute Gasteiger partial charge is 0.494 e. The summed E-state index contributed by atoms with van der Waals surface area (Å²) in [6, 6.07) is 6.51. The second kappa shape index (κ2) is 11.3. The monoisotopic (exact) mass is 440 g/mol. The number of nitrogens with zero attached hydrogens (tertiary/aromatic N) is 2. The lowest BCUT2D eigenvalue weighted by atomic mass is 9.68. The number of hydrogen-bond donors (Lipinski definition) is 2. The Hall–Kier alpha value is -1.89. The maximum Gasteiger partial charge on any atom is 0.223 e. The van der Waals surface area contributed by atoms with Crippen molar-refractivity contribution in [1.29, 1.82) is 0 Å². The molecular weight excluding hydrogens is 411 g/mol. The highest BCUT2D eigenvalue weighted by Gasteiger charge is 2.40. The molecule has 0 aliphatic heterocycles. The standard InChI is InChI=1S/C21H28N4O2.2ClH/c1-3-27-19-5-4-15(17-12-24-14-25-13-17)10-16(19)11-21(20(22)26)8-6-18(23-2)7-9-21;;/h4-5,10,12-14,18,23H,3,6-9,11H2,1-2H3,(H2,22,26);2*1H. The van der Waals surface area contributed by atoms with Crippen molar-refractivity contribution >= 4 is 30.7 Å². The number of carbonyl (C=O) groups is 1. The number of nitrogens with two attached hydrogens (primary N) is 1. The summed E-state index contributed by atoms with van der Waals surface area (Å²) >= 11 is 0. The third kappa shape index (κ3) is 5.81. The van der Waals surface area contributed by atoms with Crippen LogP contribution in [0.4, 0.5) is 0 Å². The second-order valence-electron chi connectivity index (χ2n) is 7.27. The van der Waals surface area contributed by atoms with Gasteiger partial charge in [0, 0.05) is 24.0 Å². The van der Waals surface area contributed by atoms with Gasteiger partial charge in [-0.15, -0.1) is 24.8 Å². The average molecular weight is 441 g/mol. The second-order valence-corrected chi connectivity index (χ2v) is 7.27. The molecule has 3 N–H and O–H groups in total. The molecule has 0 radical (unpaired) electrons. The fourth-order valence-electron chi connectivity index (χ4n) is 3.98. The maximum absolute atomic E-state index is 12.4. The lowest BCUT2D eigenvalue weighted by Gasteiger charge is -2.38. The number of ether oxygens (including phenoxy) is 1. The van der Waals surface area contributed by atoms with Crippen molar-refractivity contribution in [3.8, 4) is 16.9 Å². The Morgan fingerprint density at radius 2 is 1.86 bits per heavy atom. The van der Waals surface area contributed by atoms with Crippen molar-refractivity contribution in [2.75, 3.05) is 13.7 Å². The Bertz CT molecular complexity index is 782. The number of benzene rings is 1. The maximum atomic E-state index is 12.4. The molecule has 1 aromatic heterocycles. The lowest BCUT2D eigenvalue weighted by molar-refractivity contribution is -0.129. The van der Waals surface area contributed by atoms with Crippen LogP contribution in [0.5, 0.6) is 5.75 Å². The number of hydrogen-bond acceptors (Lipinski definition) is 5. The number of aromatic nitrogens is 2. The minimum atomic E-state index is -0.523. The van der Waals surface area contributed by atoms with E-state index in [1.54, 1.807) is 12.4 Å². The molecule has 2 aromatic rings. The zero-order chi connectivity index (χ0) is 19.3. The van der Waals surface area contributed by atoms with E-state index in [9.17, 15) is 4.79 Å². The predicted molar refractivity (Wildman–Crippen MR) is 120 cm³/mol. The van der Waals surface area contributed by atoms with Crippen LogP contribution in [0.15, 0.2) is 36.9 Å². The first-order valence-corrected chi connectivity index (χ1v) is 9.56. The van der Waals surface area contributed by atoms with Gasteiger partial charge in [-0.2, -0.15) is 0 Å². The molecule has 1 saturated carbocycles. The average Bonchev–Trinajstić information content (AvgIpc) is 2.70. The topological polar surface area (TPSA) is 90.1 Å². The van der Waals surface area contributed by atoms with E-state index in [1.807, 2.05) is 26.1 Å². The molecule has 1 heterocycles. The van der Waals surface area contributed by atoms with Crippen molar-refractivity contribution in [3.05, 3.63) is 42.5 Å². The Balaban J connectivity index is 0.00000210. The van der Waals surface area contributed by atoms with Gasteiger partial charge in [-0.05, 0) is 69.3 Å². The molecule has 1 amide bonds.